The lowest BCUT2D eigenvalue weighted by molar-refractivity contribution is -0.384. The van der Waals surface area contributed by atoms with Crippen molar-refractivity contribution in [2.24, 2.45) is 5.10 Å². The highest BCUT2D eigenvalue weighted by Crippen LogP contribution is 2.61. The standard InChI is InChI=1S/C17H26N3O6P/c1-6-25-27(24,26-7-2)17(4,5)12-13(3)18-19-16(21)14-8-10-15(11-9-14)20(22)23/h8-11H,6-7,12H2,1-5H3,(H,19,21). The summed E-state index contributed by atoms with van der Waals surface area (Å²) >= 11 is 0. The highest BCUT2D eigenvalue weighted by atomic mass is 31.2. The second-order valence-corrected chi connectivity index (χ2v) is 9.14. The molecule has 0 heterocycles. The molecule has 0 atom stereocenters. The topological polar surface area (TPSA) is 120 Å². The number of nitro benzene ring substituents is 1. The van der Waals surface area contributed by atoms with E-state index >= 15 is 0 Å². The fourth-order valence-electron chi connectivity index (χ4n) is 2.43. The molecule has 0 spiro atoms. The molecule has 27 heavy (non-hydrogen) atoms. The summed E-state index contributed by atoms with van der Waals surface area (Å²) in [6.45, 7) is 9.22. The maximum atomic E-state index is 13.0. The number of hydrazone groups is 1. The second kappa shape index (κ2) is 9.73. The molecule has 0 bridgehead atoms. The van der Waals surface area contributed by atoms with Gasteiger partial charge < -0.3 is 9.05 Å². The van der Waals surface area contributed by atoms with Crippen molar-refractivity contribution in [2.75, 3.05) is 13.2 Å². The number of nitrogens with one attached hydrogen (secondary N) is 1. The Bertz CT molecular complexity index is 736. The van der Waals surface area contributed by atoms with Gasteiger partial charge in [-0.15, -0.1) is 0 Å². The molecule has 10 heteroatoms. The van der Waals surface area contributed by atoms with Gasteiger partial charge in [-0.2, -0.15) is 5.10 Å². The van der Waals surface area contributed by atoms with Crippen LogP contribution in [0.1, 0.15) is 51.4 Å². The van der Waals surface area contributed by atoms with E-state index in [1.807, 2.05) is 0 Å². The molecule has 0 aliphatic carbocycles. The van der Waals surface area contributed by atoms with Crippen LogP contribution < -0.4 is 5.43 Å². The van der Waals surface area contributed by atoms with E-state index < -0.39 is 23.6 Å². The van der Waals surface area contributed by atoms with Crippen molar-refractivity contribution >= 4 is 24.9 Å². The SMILES string of the molecule is CCOP(=O)(OCC)C(C)(C)CC(C)=NNC(=O)c1ccc([N+](=O)[O-])cc1. The van der Waals surface area contributed by atoms with Gasteiger partial charge in [-0.25, -0.2) is 5.43 Å². The number of amides is 1. The van der Waals surface area contributed by atoms with E-state index in [1.54, 1.807) is 34.6 Å². The maximum absolute atomic E-state index is 13.0. The predicted molar refractivity (Wildman–Crippen MR) is 103 cm³/mol. The molecule has 1 aromatic carbocycles. The van der Waals surface area contributed by atoms with Crippen LogP contribution in [0.15, 0.2) is 29.4 Å². The molecule has 1 rings (SSSR count). The first-order valence-corrected chi connectivity index (χ1v) is 10.1. The molecule has 0 aliphatic rings. The first-order chi connectivity index (χ1) is 12.6. The molecule has 150 valence electrons. The lowest BCUT2D eigenvalue weighted by atomic mass is 10.1. The Balaban J connectivity index is 2.81. The van der Waals surface area contributed by atoms with Gasteiger partial charge in [0.25, 0.3) is 11.6 Å². The lowest BCUT2D eigenvalue weighted by Crippen LogP contribution is -2.28. The minimum absolute atomic E-state index is 0.101. The average molecular weight is 399 g/mol. The van der Waals surface area contributed by atoms with Crippen molar-refractivity contribution in [1.29, 1.82) is 0 Å². The summed E-state index contributed by atoms with van der Waals surface area (Å²) in [5.41, 5.74) is 3.07. The van der Waals surface area contributed by atoms with Crippen molar-refractivity contribution in [2.45, 2.75) is 46.2 Å². The second-order valence-electron chi connectivity index (χ2n) is 6.41. The van der Waals surface area contributed by atoms with Crippen molar-refractivity contribution in [3.8, 4) is 0 Å². The summed E-state index contributed by atoms with van der Waals surface area (Å²) in [5.74, 6) is -0.500. The minimum atomic E-state index is -3.35. The highest BCUT2D eigenvalue weighted by molar-refractivity contribution is 7.55. The van der Waals surface area contributed by atoms with Crippen LogP contribution in [0, 0.1) is 10.1 Å². The van der Waals surface area contributed by atoms with E-state index in [1.165, 1.54) is 24.3 Å². The van der Waals surface area contributed by atoms with Crippen LogP contribution in [0.4, 0.5) is 5.69 Å². The van der Waals surface area contributed by atoms with Gasteiger partial charge in [0.15, 0.2) is 0 Å². The number of hydrogen-bond acceptors (Lipinski definition) is 7. The summed E-state index contributed by atoms with van der Waals surface area (Å²) in [4.78, 5) is 22.2. The molecule has 9 nitrogen and oxygen atoms in total. The van der Waals surface area contributed by atoms with Crippen molar-refractivity contribution in [3.63, 3.8) is 0 Å². The Morgan fingerprint density at radius 2 is 1.74 bits per heavy atom. The number of carbonyl (C=O) groups is 1. The van der Waals surface area contributed by atoms with E-state index in [0.717, 1.165) is 0 Å². The van der Waals surface area contributed by atoms with Gasteiger partial charge in [0.1, 0.15) is 0 Å². The van der Waals surface area contributed by atoms with Gasteiger partial charge in [-0.1, -0.05) is 0 Å². The van der Waals surface area contributed by atoms with Crippen LogP contribution in [0.25, 0.3) is 0 Å². The van der Waals surface area contributed by atoms with Gasteiger partial charge in [0.2, 0.25) is 0 Å². The average Bonchev–Trinajstić information content (AvgIpc) is 2.59. The van der Waals surface area contributed by atoms with Crippen LogP contribution in [0.2, 0.25) is 0 Å². The van der Waals surface area contributed by atoms with Gasteiger partial charge in [-0.05, 0) is 46.8 Å². The van der Waals surface area contributed by atoms with Crippen molar-refractivity contribution in [3.05, 3.63) is 39.9 Å². The van der Waals surface area contributed by atoms with Crippen LogP contribution in [-0.4, -0.2) is 34.9 Å². The molecule has 0 unspecified atom stereocenters. The molecule has 1 N–H and O–H groups in total. The zero-order valence-corrected chi connectivity index (χ0v) is 17.1. The predicted octanol–water partition coefficient (Wildman–Crippen LogP) is 4.14. The molecule has 0 radical (unpaired) electrons. The molecular formula is C17H26N3O6P. The van der Waals surface area contributed by atoms with Crippen LogP contribution >= 0.6 is 7.60 Å². The third-order valence-corrected chi connectivity index (χ3v) is 6.55. The zero-order chi connectivity index (χ0) is 20.7. The summed E-state index contributed by atoms with van der Waals surface area (Å²) in [7, 11) is -3.35. The minimum Gasteiger partial charge on any atom is -0.308 e. The molecule has 0 saturated heterocycles. The third-order valence-electron chi connectivity index (χ3n) is 3.72. The lowest BCUT2D eigenvalue weighted by Gasteiger charge is -2.32. The molecule has 0 aromatic heterocycles. The summed E-state index contributed by atoms with van der Waals surface area (Å²) in [6, 6.07) is 5.19. The smallest absolute Gasteiger partial charge is 0.308 e. The number of nitrogens with zero attached hydrogens (tertiary/aromatic N) is 2. The van der Waals surface area contributed by atoms with Crippen LogP contribution in [0.3, 0.4) is 0 Å². The summed E-state index contributed by atoms with van der Waals surface area (Å²) < 4.78 is 23.8. The largest absolute Gasteiger partial charge is 0.336 e. The number of rotatable bonds is 10. The molecule has 1 amide bonds. The number of carbonyl (C=O) groups excluding carboxylic acids is 1. The van der Waals surface area contributed by atoms with Crippen molar-refractivity contribution < 1.29 is 23.3 Å². The quantitative estimate of drug-likeness (QED) is 0.273. The molecule has 0 fully saturated rings. The Kier molecular flexibility index (Phi) is 8.27. The Hall–Kier alpha value is -2.09. The molecule has 1 aromatic rings. The highest BCUT2D eigenvalue weighted by Gasteiger charge is 2.43. The summed E-state index contributed by atoms with van der Waals surface area (Å²) in [6.07, 6.45) is 0.283. The Morgan fingerprint density at radius 3 is 2.19 bits per heavy atom. The number of benzene rings is 1. The fourth-order valence-corrected chi connectivity index (χ4v) is 4.31. The first kappa shape index (κ1) is 23.0. The monoisotopic (exact) mass is 399 g/mol. The van der Waals surface area contributed by atoms with Gasteiger partial charge in [0.05, 0.1) is 23.3 Å². The third kappa shape index (κ3) is 6.23. The van der Waals surface area contributed by atoms with E-state index in [0.29, 0.717) is 5.71 Å². The molecule has 0 saturated carbocycles. The number of hydrogen-bond donors (Lipinski definition) is 1. The van der Waals surface area contributed by atoms with E-state index in [2.05, 4.69) is 10.5 Å². The van der Waals surface area contributed by atoms with E-state index in [-0.39, 0.29) is 30.9 Å². The number of non-ortho nitro benzene ring substituents is 1. The van der Waals surface area contributed by atoms with Crippen LogP contribution in [0.5, 0.6) is 0 Å². The Morgan fingerprint density at radius 1 is 1.22 bits per heavy atom. The normalized spacial score (nSPS) is 12.7. The van der Waals surface area contributed by atoms with Gasteiger partial charge in [-0.3, -0.25) is 19.5 Å². The van der Waals surface area contributed by atoms with Crippen LogP contribution in [-0.2, 0) is 13.6 Å². The van der Waals surface area contributed by atoms with Crippen molar-refractivity contribution in [1.82, 2.24) is 5.43 Å². The molecular weight excluding hydrogens is 373 g/mol. The maximum Gasteiger partial charge on any atom is 0.336 e. The number of nitro groups is 1. The first-order valence-electron chi connectivity index (χ1n) is 8.53. The van der Waals surface area contributed by atoms with Gasteiger partial charge >= 0.3 is 7.60 Å². The van der Waals surface area contributed by atoms with Gasteiger partial charge in [0, 0.05) is 29.8 Å². The Labute approximate surface area is 158 Å². The van der Waals surface area contributed by atoms with E-state index in [9.17, 15) is 19.5 Å². The van der Waals surface area contributed by atoms with E-state index in [4.69, 9.17) is 9.05 Å². The summed E-state index contributed by atoms with van der Waals surface area (Å²) in [5, 5.41) is 13.8. The molecule has 0 aliphatic heterocycles. The fraction of sp³-hybridized carbons (Fsp3) is 0.529. The zero-order valence-electron chi connectivity index (χ0n) is 16.2.